The van der Waals surface area contributed by atoms with Gasteiger partial charge in [0, 0.05) is 0 Å². The van der Waals surface area contributed by atoms with Gasteiger partial charge in [-0.25, -0.2) is 14.7 Å². The van der Waals surface area contributed by atoms with Crippen LogP contribution in [0.5, 0.6) is 0 Å². The molecule has 1 rings (SSSR count). The number of unbranched alkanes of at least 4 members (excludes halogenated alkanes) is 3. The monoisotopic (exact) mass is 470 g/mol. The zero-order valence-corrected chi connectivity index (χ0v) is 23.3. The van der Waals surface area contributed by atoms with Crippen LogP contribution in [0, 0.1) is 16.7 Å². The maximum atomic E-state index is 9.25. The van der Waals surface area contributed by atoms with Gasteiger partial charge in [-0.1, -0.05) is 92.4 Å². The normalized spacial score (nSPS) is 24.5. The van der Waals surface area contributed by atoms with Gasteiger partial charge in [-0.3, -0.25) is 5.26 Å². The minimum absolute atomic E-state index is 0.0114. The Bertz CT molecular complexity index is 489. The molecule has 0 saturated heterocycles. The first-order valence-electron chi connectivity index (χ1n) is 14.3. The third-order valence-electron chi connectivity index (χ3n) is 8.54. The van der Waals surface area contributed by atoms with E-state index in [0.29, 0.717) is 17.9 Å². The molecular formula is C29H58O4. The zero-order valence-electron chi connectivity index (χ0n) is 23.3. The largest absolute Gasteiger partial charge is 0.252 e. The van der Waals surface area contributed by atoms with Crippen LogP contribution in [-0.4, -0.2) is 23.6 Å². The topological polar surface area (TPSA) is 47.9 Å². The van der Waals surface area contributed by atoms with Crippen molar-refractivity contribution in [2.24, 2.45) is 16.7 Å². The second kappa shape index (κ2) is 15.8. The van der Waals surface area contributed by atoms with Crippen LogP contribution in [0.3, 0.4) is 0 Å². The molecule has 0 amide bonds. The molecule has 0 aromatic carbocycles. The molecule has 0 radical (unpaired) electrons. The van der Waals surface area contributed by atoms with Crippen molar-refractivity contribution < 1.29 is 19.9 Å². The van der Waals surface area contributed by atoms with E-state index in [0.717, 1.165) is 19.3 Å². The fourth-order valence-electron chi connectivity index (χ4n) is 5.96. The molecule has 1 aliphatic carbocycles. The van der Waals surface area contributed by atoms with E-state index >= 15 is 0 Å². The lowest BCUT2D eigenvalue weighted by molar-refractivity contribution is -0.372. The number of hydrogen-bond acceptors (Lipinski definition) is 4. The van der Waals surface area contributed by atoms with Crippen molar-refractivity contribution in [3.8, 4) is 0 Å². The Hall–Kier alpha value is -0.160. The minimum Gasteiger partial charge on any atom is -0.252 e. The van der Waals surface area contributed by atoms with Crippen LogP contribution in [0.2, 0.25) is 0 Å². The lowest BCUT2D eigenvalue weighted by Gasteiger charge is -2.41. The van der Waals surface area contributed by atoms with E-state index in [1.165, 1.54) is 83.5 Å². The predicted octanol–water partition coefficient (Wildman–Crippen LogP) is 9.52. The smallest absolute Gasteiger partial charge is 0.104 e. The lowest BCUT2D eigenvalue weighted by Crippen LogP contribution is -2.40. The molecule has 4 atom stereocenters. The highest BCUT2D eigenvalue weighted by atomic mass is 17.2. The minimum atomic E-state index is -0.106. The first-order valence-corrected chi connectivity index (χ1v) is 14.3. The number of rotatable bonds is 18. The summed E-state index contributed by atoms with van der Waals surface area (Å²) in [5.74, 6) is 0.617. The summed E-state index contributed by atoms with van der Waals surface area (Å²) in [5, 5.41) is 9.25. The van der Waals surface area contributed by atoms with Gasteiger partial charge >= 0.3 is 0 Å². The fraction of sp³-hybridized carbons (Fsp3) is 1.00. The lowest BCUT2D eigenvalue weighted by atomic mass is 9.69. The summed E-state index contributed by atoms with van der Waals surface area (Å²) in [6, 6.07) is 0. The van der Waals surface area contributed by atoms with Crippen LogP contribution in [-0.2, 0) is 14.7 Å². The van der Waals surface area contributed by atoms with Gasteiger partial charge in [0.2, 0.25) is 0 Å². The third-order valence-corrected chi connectivity index (χ3v) is 8.54. The van der Waals surface area contributed by atoms with Crippen LogP contribution in [0.15, 0.2) is 0 Å². The first-order chi connectivity index (χ1) is 15.7. The molecule has 1 saturated carbocycles. The van der Waals surface area contributed by atoms with E-state index in [9.17, 15) is 5.26 Å². The van der Waals surface area contributed by atoms with E-state index < -0.39 is 0 Å². The van der Waals surface area contributed by atoms with Crippen LogP contribution < -0.4 is 0 Å². The molecule has 4 nitrogen and oxygen atoms in total. The Balaban J connectivity index is 2.58. The predicted molar refractivity (Wildman–Crippen MR) is 139 cm³/mol. The average Bonchev–Trinajstić information content (AvgIpc) is 2.78. The molecule has 0 aliphatic heterocycles. The molecule has 0 aromatic rings. The van der Waals surface area contributed by atoms with Crippen molar-refractivity contribution in [3.05, 3.63) is 0 Å². The highest BCUT2D eigenvalue weighted by molar-refractivity contribution is 4.88. The fourth-order valence-corrected chi connectivity index (χ4v) is 5.96. The standard InChI is InChI=1S/C29H58O4/c1-8-11-22-29(9-2,23-15-12-13-20-26(32-30)27(4,5)6)24-17-19-25-18-14-16-21-28(25,7)33-31-10-3/h25-26,30H,8-24H2,1-7H3. The number of hydrogen-bond donors (Lipinski definition) is 1. The molecule has 4 unspecified atom stereocenters. The van der Waals surface area contributed by atoms with Gasteiger partial charge in [-0.2, -0.15) is 0 Å². The molecule has 0 aromatic heterocycles. The third kappa shape index (κ3) is 11.0. The molecule has 1 aliphatic rings. The zero-order chi connectivity index (χ0) is 24.8. The van der Waals surface area contributed by atoms with Crippen molar-refractivity contribution in [3.63, 3.8) is 0 Å². The summed E-state index contributed by atoms with van der Waals surface area (Å²) >= 11 is 0. The first kappa shape index (κ1) is 30.9. The molecule has 1 fully saturated rings. The van der Waals surface area contributed by atoms with Gasteiger partial charge in [0.05, 0.1) is 12.7 Å². The van der Waals surface area contributed by atoms with Gasteiger partial charge in [-0.15, -0.1) is 0 Å². The maximum Gasteiger partial charge on any atom is 0.104 e. The Morgan fingerprint density at radius 3 is 2.24 bits per heavy atom. The molecule has 4 heteroatoms. The second-order valence-electron chi connectivity index (χ2n) is 12.2. The van der Waals surface area contributed by atoms with Crippen molar-refractivity contribution in [1.82, 2.24) is 0 Å². The molecule has 0 bridgehead atoms. The Morgan fingerprint density at radius 2 is 1.64 bits per heavy atom. The molecular weight excluding hydrogens is 412 g/mol. The van der Waals surface area contributed by atoms with Crippen LogP contribution >= 0.6 is 0 Å². The molecule has 198 valence electrons. The van der Waals surface area contributed by atoms with Gasteiger partial charge < -0.3 is 0 Å². The van der Waals surface area contributed by atoms with Crippen molar-refractivity contribution in [2.45, 2.75) is 163 Å². The SMILES string of the molecule is CCCCC(CC)(CCCCCC(OO)C(C)(C)C)CCCC1CCCCC1(C)OOCC. The van der Waals surface area contributed by atoms with Gasteiger partial charge in [0.15, 0.2) is 0 Å². The van der Waals surface area contributed by atoms with Crippen molar-refractivity contribution in [1.29, 1.82) is 0 Å². The van der Waals surface area contributed by atoms with Crippen molar-refractivity contribution >= 4 is 0 Å². The van der Waals surface area contributed by atoms with E-state index in [2.05, 4.69) is 41.5 Å². The summed E-state index contributed by atoms with van der Waals surface area (Å²) in [5.41, 5.74) is 0.367. The Labute approximate surface area is 206 Å². The summed E-state index contributed by atoms with van der Waals surface area (Å²) in [7, 11) is 0. The van der Waals surface area contributed by atoms with Crippen molar-refractivity contribution in [2.75, 3.05) is 6.61 Å². The van der Waals surface area contributed by atoms with Crippen LogP contribution in [0.1, 0.15) is 151 Å². The molecule has 1 N–H and O–H groups in total. The summed E-state index contributed by atoms with van der Waals surface area (Å²) in [4.78, 5) is 16.1. The summed E-state index contributed by atoms with van der Waals surface area (Å²) < 4.78 is 0. The van der Waals surface area contributed by atoms with E-state index in [4.69, 9.17) is 14.7 Å². The highest BCUT2D eigenvalue weighted by Crippen LogP contribution is 2.44. The van der Waals surface area contributed by atoms with Gasteiger partial charge in [0.25, 0.3) is 0 Å². The quantitative estimate of drug-likeness (QED) is 0.123. The summed E-state index contributed by atoms with van der Waals surface area (Å²) in [6.45, 7) is 16.0. The molecule has 0 heterocycles. The van der Waals surface area contributed by atoms with Crippen LogP contribution in [0.4, 0.5) is 0 Å². The van der Waals surface area contributed by atoms with Gasteiger partial charge in [0.1, 0.15) is 5.60 Å². The summed E-state index contributed by atoms with van der Waals surface area (Å²) in [6.07, 6.45) is 20.0. The average molecular weight is 471 g/mol. The Morgan fingerprint density at radius 1 is 0.939 bits per heavy atom. The maximum absolute atomic E-state index is 9.25. The van der Waals surface area contributed by atoms with E-state index in [1.54, 1.807) is 0 Å². The van der Waals surface area contributed by atoms with Crippen LogP contribution in [0.25, 0.3) is 0 Å². The highest BCUT2D eigenvalue weighted by Gasteiger charge is 2.39. The van der Waals surface area contributed by atoms with E-state index in [1.807, 2.05) is 6.92 Å². The van der Waals surface area contributed by atoms with E-state index in [-0.39, 0.29) is 17.1 Å². The second-order valence-corrected chi connectivity index (χ2v) is 12.2. The molecule has 33 heavy (non-hydrogen) atoms. The Kier molecular flexibility index (Phi) is 14.7. The van der Waals surface area contributed by atoms with Gasteiger partial charge in [-0.05, 0) is 75.5 Å². The molecule has 0 spiro atoms.